The Morgan fingerprint density at radius 2 is 1.30 bits per heavy atom. The number of hydrogen-bond acceptors (Lipinski definition) is 3. The number of aliphatic carboxylic acids is 1. The van der Waals surface area contributed by atoms with Crippen LogP contribution in [0.15, 0.2) is 48.6 Å². The van der Waals surface area contributed by atoms with Crippen LogP contribution in [-0.2, 0) is 9.59 Å². The van der Waals surface area contributed by atoms with E-state index in [1.165, 1.54) is 25.7 Å². The molecule has 0 radical (unpaired) electrons. The van der Waals surface area contributed by atoms with E-state index in [9.17, 15) is 9.59 Å². The lowest BCUT2D eigenvalue weighted by atomic mass is 10.1. The molecule has 1 amide bonds. The van der Waals surface area contributed by atoms with Crippen molar-refractivity contribution in [1.82, 2.24) is 5.32 Å². The molecule has 0 fully saturated rings. The zero-order chi connectivity index (χ0) is 22.3. The Labute approximate surface area is 189 Å². The lowest BCUT2D eigenvalue weighted by molar-refractivity contribution is -0.141. The Kier molecular flexibility index (Phi) is 20.7. The van der Waals surface area contributed by atoms with E-state index < -0.39 is 12.0 Å². The van der Waals surface area contributed by atoms with Gasteiger partial charge in [-0.05, 0) is 51.4 Å². The quantitative estimate of drug-likeness (QED) is 0.125. The largest absolute Gasteiger partial charge is 0.480 e. The van der Waals surface area contributed by atoms with E-state index in [4.69, 9.17) is 5.11 Å². The van der Waals surface area contributed by atoms with E-state index >= 15 is 0 Å². The number of carbonyl (C=O) groups is 2. The Hall–Kier alpha value is -1.75. The molecule has 0 aromatic heterocycles. The first-order valence-corrected chi connectivity index (χ1v) is 12.0. The van der Waals surface area contributed by atoms with Crippen LogP contribution in [0.3, 0.4) is 0 Å². The van der Waals surface area contributed by atoms with Gasteiger partial charge in [0, 0.05) is 12.2 Å². The number of unbranched alkanes of at least 4 members (excludes halogenated alkanes) is 6. The maximum absolute atomic E-state index is 11.7. The van der Waals surface area contributed by atoms with Gasteiger partial charge in [0.1, 0.15) is 6.04 Å². The first-order chi connectivity index (χ1) is 14.6. The van der Waals surface area contributed by atoms with Crippen molar-refractivity contribution in [2.45, 2.75) is 90.0 Å². The van der Waals surface area contributed by atoms with Crippen LogP contribution < -0.4 is 5.32 Å². The van der Waals surface area contributed by atoms with E-state index in [2.05, 4.69) is 73.5 Å². The summed E-state index contributed by atoms with van der Waals surface area (Å²) in [5.74, 6) is -1.15. The number of amides is 1. The van der Waals surface area contributed by atoms with Crippen LogP contribution in [-0.4, -0.2) is 28.8 Å². The monoisotopic (exact) mass is 435 g/mol. The Morgan fingerprint density at radius 1 is 0.800 bits per heavy atom. The van der Waals surface area contributed by atoms with Crippen molar-refractivity contribution in [3.8, 4) is 0 Å². The average molecular weight is 436 g/mol. The van der Waals surface area contributed by atoms with Crippen molar-refractivity contribution in [3.05, 3.63) is 48.6 Å². The molecule has 0 bridgehead atoms. The van der Waals surface area contributed by atoms with Gasteiger partial charge >= 0.3 is 5.97 Å². The third kappa shape index (κ3) is 19.6. The van der Waals surface area contributed by atoms with Crippen molar-refractivity contribution < 1.29 is 14.7 Å². The van der Waals surface area contributed by atoms with Crippen LogP contribution in [0.1, 0.15) is 84.0 Å². The molecule has 0 unspecified atom stereocenters. The summed E-state index contributed by atoms with van der Waals surface area (Å²) in [6, 6.07) is -0.899. The number of carbonyl (C=O) groups excluding carboxylic acids is 1. The minimum Gasteiger partial charge on any atom is -0.480 e. The fourth-order valence-electron chi connectivity index (χ4n) is 2.74. The third-order valence-corrected chi connectivity index (χ3v) is 4.91. The van der Waals surface area contributed by atoms with Gasteiger partial charge in [-0.15, -0.1) is 0 Å². The lowest BCUT2D eigenvalue weighted by Crippen LogP contribution is -2.42. The SMILES string of the molecule is CCCCC/C=C\C/C=C\C/C=C\C/C=C\CCCCCC(=O)N[C@@H](CS)C(=O)O. The van der Waals surface area contributed by atoms with E-state index in [0.29, 0.717) is 6.42 Å². The molecule has 2 N–H and O–H groups in total. The van der Waals surface area contributed by atoms with Gasteiger partial charge in [0.05, 0.1) is 0 Å². The predicted octanol–water partition coefficient (Wildman–Crippen LogP) is 6.41. The highest BCUT2D eigenvalue weighted by molar-refractivity contribution is 7.80. The summed E-state index contributed by atoms with van der Waals surface area (Å²) in [4.78, 5) is 22.5. The summed E-state index contributed by atoms with van der Waals surface area (Å²) in [6.45, 7) is 2.23. The first-order valence-electron chi connectivity index (χ1n) is 11.3. The number of rotatable bonds is 19. The van der Waals surface area contributed by atoms with Crippen molar-refractivity contribution in [2.24, 2.45) is 0 Å². The number of thiol groups is 1. The molecule has 0 heterocycles. The van der Waals surface area contributed by atoms with Gasteiger partial charge in [0.15, 0.2) is 0 Å². The summed E-state index contributed by atoms with van der Waals surface area (Å²) in [7, 11) is 0. The third-order valence-electron chi connectivity index (χ3n) is 4.55. The molecular weight excluding hydrogens is 394 g/mol. The smallest absolute Gasteiger partial charge is 0.327 e. The van der Waals surface area contributed by atoms with Crippen LogP contribution >= 0.6 is 12.6 Å². The molecule has 170 valence electrons. The molecule has 0 aromatic rings. The summed E-state index contributed by atoms with van der Waals surface area (Å²) in [5.41, 5.74) is 0. The van der Waals surface area contributed by atoms with Gasteiger partial charge in [0.25, 0.3) is 0 Å². The Morgan fingerprint density at radius 3 is 1.77 bits per heavy atom. The minimum atomic E-state index is -1.04. The Balaban J connectivity index is 3.55. The minimum absolute atomic E-state index is 0.104. The zero-order valence-corrected chi connectivity index (χ0v) is 19.5. The number of allylic oxidation sites excluding steroid dienone is 8. The molecule has 0 aliphatic carbocycles. The molecule has 0 aromatic carbocycles. The van der Waals surface area contributed by atoms with Gasteiger partial charge in [-0.2, -0.15) is 12.6 Å². The van der Waals surface area contributed by atoms with Gasteiger partial charge in [-0.25, -0.2) is 4.79 Å². The van der Waals surface area contributed by atoms with Gasteiger partial charge in [-0.1, -0.05) is 74.8 Å². The van der Waals surface area contributed by atoms with Gasteiger partial charge < -0.3 is 10.4 Å². The fraction of sp³-hybridized carbons (Fsp3) is 0.600. The van der Waals surface area contributed by atoms with Crippen LogP contribution in [0.2, 0.25) is 0 Å². The number of carboxylic acids is 1. The van der Waals surface area contributed by atoms with Crippen LogP contribution in [0.5, 0.6) is 0 Å². The molecule has 0 aliphatic heterocycles. The number of hydrogen-bond donors (Lipinski definition) is 3. The highest BCUT2D eigenvalue weighted by Crippen LogP contribution is 2.05. The topological polar surface area (TPSA) is 66.4 Å². The molecular formula is C25H41NO3S. The van der Waals surface area contributed by atoms with E-state index in [-0.39, 0.29) is 11.7 Å². The lowest BCUT2D eigenvalue weighted by Gasteiger charge is -2.11. The average Bonchev–Trinajstić information content (AvgIpc) is 2.73. The van der Waals surface area contributed by atoms with Crippen LogP contribution in [0, 0.1) is 0 Å². The molecule has 5 heteroatoms. The number of carboxylic acid groups (broad SMARTS) is 1. The normalized spacial score (nSPS) is 13.1. The standard InChI is InChI=1S/C25H41NO3S/c1-2-3-4-5-6-7-8-9-10-11-12-13-14-15-16-17-18-19-20-21-24(27)26-23(22-30)25(28)29/h6-7,9-10,12-13,15-16,23,30H,2-5,8,11,14,17-22H2,1H3,(H,26,27)(H,28,29)/b7-6-,10-9-,13-12-,16-15-/t23-/m0/s1. The van der Waals surface area contributed by atoms with E-state index in [1.54, 1.807) is 0 Å². The molecule has 0 rings (SSSR count). The zero-order valence-electron chi connectivity index (χ0n) is 18.6. The summed E-state index contributed by atoms with van der Waals surface area (Å²) in [5, 5.41) is 11.4. The maximum Gasteiger partial charge on any atom is 0.327 e. The number of nitrogens with one attached hydrogen (secondary N) is 1. The van der Waals surface area contributed by atoms with Crippen LogP contribution in [0.25, 0.3) is 0 Å². The molecule has 4 nitrogen and oxygen atoms in total. The van der Waals surface area contributed by atoms with E-state index in [0.717, 1.165) is 44.9 Å². The van der Waals surface area contributed by atoms with Crippen LogP contribution in [0.4, 0.5) is 0 Å². The first kappa shape index (κ1) is 28.2. The maximum atomic E-state index is 11.7. The second-order valence-electron chi connectivity index (χ2n) is 7.33. The summed E-state index contributed by atoms with van der Waals surface area (Å²) >= 11 is 3.93. The fourth-order valence-corrected chi connectivity index (χ4v) is 2.98. The second-order valence-corrected chi connectivity index (χ2v) is 7.69. The van der Waals surface area contributed by atoms with E-state index in [1.807, 2.05) is 0 Å². The van der Waals surface area contributed by atoms with Crippen molar-refractivity contribution >= 4 is 24.5 Å². The highest BCUT2D eigenvalue weighted by atomic mass is 32.1. The predicted molar refractivity (Wildman–Crippen MR) is 131 cm³/mol. The van der Waals surface area contributed by atoms with Gasteiger partial charge in [-0.3, -0.25) is 4.79 Å². The van der Waals surface area contributed by atoms with Crippen molar-refractivity contribution in [3.63, 3.8) is 0 Å². The second kappa shape index (κ2) is 21.9. The molecule has 1 atom stereocenters. The Bertz CT molecular complexity index is 553. The summed E-state index contributed by atoms with van der Waals surface area (Å²) in [6.07, 6.45) is 29.9. The summed E-state index contributed by atoms with van der Waals surface area (Å²) < 4.78 is 0. The van der Waals surface area contributed by atoms with Crippen molar-refractivity contribution in [1.29, 1.82) is 0 Å². The molecule has 0 saturated heterocycles. The molecule has 0 saturated carbocycles. The molecule has 0 spiro atoms. The molecule has 30 heavy (non-hydrogen) atoms. The van der Waals surface area contributed by atoms with Gasteiger partial charge in [0.2, 0.25) is 5.91 Å². The van der Waals surface area contributed by atoms with Crippen molar-refractivity contribution in [2.75, 3.05) is 5.75 Å². The highest BCUT2D eigenvalue weighted by Gasteiger charge is 2.17. The molecule has 0 aliphatic rings.